The maximum atomic E-state index is 13.4. The Labute approximate surface area is 168 Å². The highest BCUT2D eigenvalue weighted by Gasteiger charge is 2.13. The Morgan fingerprint density at radius 3 is 2.63 bits per heavy atom. The molecule has 2 N–H and O–H groups in total. The zero-order valence-electron chi connectivity index (χ0n) is 15.3. The molecule has 1 aromatic heterocycles. The summed E-state index contributed by atoms with van der Waals surface area (Å²) in [5, 5.41) is 12.0. The number of hydrogen-bond acceptors (Lipinski definition) is 2. The Hall–Kier alpha value is -2.44. The van der Waals surface area contributed by atoms with Gasteiger partial charge in [-0.2, -0.15) is 5.10 Å². The molecule has 3 aromatic rings. The van der Waals surface area contributed by atoms with Gasteiger partial charge in [-0.05, 0) is 68.4 Å². The standard InChI is InChI=1S/C20H20ClFN4S/c1-12-7-8-17(10-18(12)21)23-20(27)24-19-13(2)25-26(14(19)3)11-15-5-4-6-16(22)9-15/h4-10H,11H2,1-3H3,(H2,23,24,27). The predicted molar refractivity (Wildman–Crippen MR) is 113 cm³/mol. The monoisotopic (exact) mass is 402 g/mol. The molecule has 0 saturated carbocycles. The largest absolute Gasteiger partial charge is 0.332 e. The lowest BCUT2D eigenvalue weighted by atomic mass is 10.2. The van der Waals surface area contributed by atoms with Crippen molar-refractivity contribution in [2.75, 3.05) is 10.6 Å². The van der Waals surface area contributed by atoms with E-state index in [1.54, 1.807) is 6.07 Å². The number of anilines is 2. The van der Waals surface area contributed by atoms with E-state index in [1.165, 1.54) is 12.1 Å². The fourth-order valence-electron chi connectivity index (χ4n) is 2.79. The summed E-state index contributed by atoms with van der Waals surface area (Å²) < 4.78 is 15.2. The molecule has 1 heterocycles. The van der Waals surface area contributed by atoms with Gasteiger partial charge in [-0.15, -0.1) is 0 Å². The average molecular weight is 403 g/mol. The van der Waals surface area contributed by atoms with Gasteiger partial charge >= 0.3 is 0 Å². The van der Waals surface area contributed by atoms with Gasteiger partial charge in [0, 0.05) is 10.7 Å². The average Bonchev–Trinajstić information content (AvgIpc) is 2.86. The fraction of sp³-hybridized carbons (Fsp3) is 0.200. The summed E-state index contributed by atoms with van der Waals surface area (Å²) in [4.78, 5) is 0. The van der Waals surface area contributed by atoms with E-state index < -0.39 is 0 Å². The molecule has 0 bridgehead atoms. The number of aromatic nitrogens is 2. The molecule has 0 unspecified atom stereocenters. The fourth-order valence-corrected chi connectivity index (χ4v) is 3.19. The third-order valence-electron chi connectivity index (χ3n) is 4.27. The Kier molecular flexibility index (Phi) is 5.77. The first-order valence-electron chi connectivity index (χ1n) is 8.46. The summed E-state index contributed by atoms with van der Waals surface area (Å²) in [5.41, 5.74) is 5.24. The van der Waals surface area contributed by atoms with Gasteiger partial charge in [-0.1, -0.05) is 29.8 Å². The molecule has 0 atom stereocenters. The van der Waals surface area contributed by atoms with Crippen molar-refractivity contribution < 1.29 is 4.39 Å². The van der Waals surface area contributed by atoms with Crippen LogP contribution in [0.2, 0.25) is 5.02 Å². The van der Waals surface area contributed by atoms with Crippen LogP contribution in [0.4, 0.5) is 15.8 Å². The van der Waals surface area contributed by atoms with Crippen LogP contribution in [-0.2, 0) is 6.54 Å². The van der Waals surface area contributed by atoms with Crippen LogP contribution in [-0.4, -0.2) is 14.9 Å². The lowest BCUT2D eigenvalue weighted by Gasteiger charge is -2.12. The quantitative estimate of drug-likeness (QED) is 0.569. The Morgan fingerprint density at radius 2 is 1.93 bits per heavy atom. The van der Waals surface area contributed by atoms with E-state index >= 15 is 0 Å². The van der Waals surface area contributed by atoms with Crippen molar-refractivity contribution in [3.8, 4) is 0 Å². The predicted octanol–water partition coefficient (Wildman–Crippen LogP) is 5.46. The molecule has 3 rings (SSSR count). The highest BCUT2D eigenvalue weighted by atomic mass is 35.5. The number of benzene rings is 2. The lowest BCUT2D eigenvalue weighted by molar-refractivity contribution is 0.616. The first kappa shape index (κ1) is 19.3. The van der Waals surface area contributed by atoms with E-state index in [-0.39, 0.29) is 5.82 Å². The second-order valence-electron chi connectivity index (χ2n) is 6.38. The summed E-state index contributed by atoms with van der Waals surface area (Å²) >= 11 is 11.6. The molecule has 7 heteroatoms. The molecular weight excluding hydrogens is 383 g/mol. The van der Waals surface area contributed by atoms with E-state index in [0.29, 0.717) is 16.7 Å². The molecule has 0 aliphatic heterocycles. The van der Waals surface area contributed by atoms with Crippen LogP contribution in [0.1, 0.15) is 22.5 Å². The third kappa shape index (κ3) is 4.64. The van der Waals surface area contributed by atoms with Crippen molar-refractivity contribution in [1.82, 2.24) is 9.78 Å². The second-order valence-corrected chi connectivity index (χ2v) is 7.19. The van der Waals surface area contributed by atoms with E-state index in [4.69, 9.17) is 23.8 Å². The minimum Gasteiger partial charge on any atom is -0.332 e. The Morgan fingerprint density at radius 1 is 1.15 bits per heavy atom. The highest BCUT2D eigenvalue weighted by Crippen LogP contribution is 2.23. The lowest BCUT2D eigenvalue weighted by Crippen LogP contribution is -2.20. The Balaban J connectivity index is 1.74. The van der Waals surface area contributed by atoms with Gasteiger partial charge in [0.2, 0.25) is 0 Å². The molecule has 0 amide bonds. The van der Waals surface area contributed by atoms with Crippen molar-refractivity contribution >= 4 is 40.3 Å². The van der Waals surface area contributed by atoms with E-state index in [1.807, 2.05) is 49.7 Å². The summed E-state index contributed by atoms with van der Waals surface area (Å²) in [7, 11) is 0. The number of thiocarbonyl (C=S) groups is 1. The van der Waals surface area contributed by atoms with Crippen molar-refractivity contribution in [3.05, 3.63) is 75.8 Å². The smallest absolute Gasteiger partial charge is 0.175 e. The van der Waals surface area contributed by atoms with Crippen LogP contribution in [0.3, 0.4) is 0 Å². The number of halogens is 2. The normalized spacial score (nSPS) is 10.7. The van der Waals surface area contributed by atoms with Crippen molar-refractivity contribution in [2.45, 2.75) is 27.3 Å². The zero-order valence-corrected chi connectivity index (χ0v) is 16.9. The van der Waals surface area contributed by atoms with Crippen LogP contribution in [0, 0.1) is 26.6 Å². The molecule has 0 saturated heterocycles. The molecule has 2 aromatic carbocycles. The maximum absolute atomic E-state index is 13.4. The minimum absolute atomic E-state index is 0.255. The van der Waals surface area contributed by atoms with Gasteiger partial charge in [0.1, 0.15) is 5.82 Å². The maximum Gasteiger partial charge on any atom is 0.175 e. The van der Waals surface area contributed by atoms with Crippen LogP contribution in [0.25, 0.3) is 0 Å². The van der Waals surface area contributed by atoms with Gasteiger partial charge < -0.3 is 10.6 Å². The summed E-state index contributed by atoms with van der Waals surface area (Å²) in [5.74, 6) is -0.255. The van der Waals surface area contributed by atoms with Crippen molar-refractivity contribution in [3.63, 3.8) is 0 Å². The second kappa shape index (κ2) is 8.06. The van der Waals surface area contributed by atoms with Gasteiger partial charge in [0.05, 0.1) is 23.6 Å². The molecule has 0 radical (unpaired) electrons. The van der Waals surface area contributed by atoms with Gasteiger partial charge in [-0.3, -0.25) is 4.68 Å². The van der Waals surface area contributed by atoms with Crippen LogP contribution < -0.4 is 10.6 Å². The SMILES string of the molecule is Cc1ccc(NC(=S)Nc2c(C)nn(Cc3cccc(F)c3)c2C)cc1Cl. The van der Waals surface area contributed by atoms with Crippen molar-refractivity contribution in [1.29, 1.82) is 0 Å². The van der Waals surface area contributed by atoms with Crippen LogP contribution >= 0.6 is 23.8 Å². The molecular formula is C20H20ClFN4S. The number of nitrogens with zero attached hydrogens (tertiary/aromatic N) is 2. The molecule has 0 spiro atoms. The minimum atomic E-state index is -0.255. The Bertz CT molecular complexity index is 1000. The summed E-state index contributed by atoms with van der Waals surface area (Å²) in [6, 6.07) is 12.2. The molecule has 0 aliphatic rings. The number of hydrogen-bond donors (Lipinski definition) is 2. The summed E-state index contributed by atoms with van der Waals surface area (Å²) in [6.07, 6.45) is 0. The van der Waals surface area contributed by atoms with Gasteiger partial charge in [0.15, 0.2) is 5.11 Å². The molecule has 140 valence electrons. The molecule has 0 fully saturated rings. The third-order valence-corrected chi connectivity index (χ3v) is 4.88. The van der Waals surface area contributed by atoms with Gasteiger partial charge in [0.25, 0.3) is 0 Å². The molecule has 27 heavy (non-hydrogen) atoms. The van der Waals surface area contributed by atoms with E-state index in [0.717, 1.165) is 33.9 Å². The number of nitrogens with one attached hydrogen (secondary N) is 2. The van der Waals surface area contributed by atoms with Crippen LogP contribution in [0.15, 0.2) is 42.5 Å². The molecule has 0 aliphatic carbocycles. The highest BCUT2D eigenvalue weighted by molar-refractivity contribution is 7.80. The number of aryl methyl sites for hydroxylation is 2. The van der Waals surface area contributed by atoms with Crippen molar-refractivity contribution in [2.24, 2.45) is 0 Å². The van der Waals surface area contributed by atoms with Crippen LogP contribution in [0.5, 0.6) is 0 Å². The van der Waals surface area contributed by atoms with E-state index in [9.17, 15) is 4.39 Å². The van der Waals surface area contributed by atoms with Gasteiger partial charge in [-0.25, -0.2) is 4.39 Å². The first-order chi connectivity index (χ1) is 12.8. The van der Waals surface area contributed by atoms with E-state index in [2.05, 4.69) is 15.7 Å². The number of rotatable bonds is 4. The summed E-state index contributed by atoms with van der Waals surface area (Å²) in [6.45, 7) is 6.29. The first-order valence-corrected chi connectivity index (χ1v) is 9.24. The topological polar surface area (TPSA) is 41.9 Å². The zero-order chi connectivity index (χ0) is 19.6. The molecule has 4 nitrogen and oxygen atoms in total.